The van der Waals surface area contributed by atoms with Gasteiger partial charge in [-0.2, -0.15) is 5.10 Å². The Morgan fingerprint density at radius 2 is 2.00 bits per heavy atom. The maximum atomic E-state index is 4.62. The molecule has 1 saturated heterocycles. The Kier molecular flexibility index (Phi) is 2.16. The third-order valence-corrected chi connectivity index (χ3v) is 3.45. The summed E-state index contributed by atoms with van der Waals surface area (Å²) in [5.74, 6) is 1.38. The van der Waals surface area contributed by atoms with Crippen molar-refractivity contribution in [3.05, 3.63) is 11.3 Å². The summed E-state index contributed by atoms with van der Waals surface area (Å²) < 4.78 is 2.08. The van der Waals surface area contributed by atoms with Crippen LogP contribution < -0.4 is 10.2 Å². The summed E-state index contributed by atoms with van der Waals surface area (Å²) in [6.07, 6.45) is 3.69. The van der Waals surface area contributed by atoms with Crippen LogP contribution in [-0.2, 0) is 19.9 Å². The lowest BCUT2D eigenvalue weighted by Gasteiger charge is -2.30. The van der Waals surface area contributed by atoms with E-state index >= 15 is 0 Å². The van der Waals surface area contributed by atoms with Gasteiger partial charge in [0.1, 0.15) is 5.82 Å². The minimum atomic E-state index is 1.10. The number of nitrogens with one attached hydrogen (secondary N) is 1. The van der Waals surface area contributed by atoms with E-state index in [0.29, 0.717) is 0 Å². The number of piperazine rings is 1. The van der Waals surface area contributed by atoms with Gasteiger partial charge in [0, 0.05) is 38.8 Å². The molecule has 0 unspecified atom stereocenters. The third-order valence-electron chi connectivity index (χ3n) is 3.45. The molecule has 0 radical (unpaired) electrons. The third kappa shape index (κ3) is 1.44. The molecule has 1 aromatic rings. The van der Waals surface area contributed by atoms with Gasteiger partial charge in [-0.3, -0.25) is 4.68 Å². The first-order chi connectivity index (χ1) is 7.36. The first-order valence-electron chi connectivity index (χ1n) is 5.86. The molecular weight excluding hydrogens is 188 g/mol. The molecule has 0 saturated carbocycles. The second-order valence-electron chi connectivity index (χ2n) is 4.46. The lowest BCUT2D eigenvalue weighted by molar-refractivity contribution is 0.569. The summed E-state index contributed by atoms with van der Waals surface area (Å²) in [6, 6.07) is 0. The minimum absolute atomic E-state index is 1.10. The van der Waals surface area contributed by atoms with Crippen molar-refractivity contribution < 1.29 is 0 Å². The Labute approximate surface area is 90.3 Å². The predicted molar refractivity (Wildman–Crippen MR) is 60.3 cm³/mol. The summed E-state index contributed by atoms with van der Waals surface area (Å²) in [5, 5.41) is 8.01. The predicted octanol–water partition coefficient (Wildman–Crippen LogP) is 0.318. The van der Waals surface area contributed by atoms with Crippen molar-refractivity contribution in [2.45, 2.75) is 19.3 Å². The van der Waals surface area contributed by atoms with Gasteiger partial charge in [0.15, 0.2) is 0 Å². The van der Waals surface area contributed by atoms with Crippen molar-refractivity contribution in [3.8, 4) is 0 Å². The van der Waals surface area contributed by atoms with Crippen LogP contribution >= 0.6 is 0 Å². The van der Waals surface area contributed by atoms with E-state index in [0.717, 1.165) is 26.2 Å². The number of anilines is 1. The van der Waals surface area contributed by atoms with Gasteiger partial charge in [0.25, 0.3) is 0 Å². The average Bonchev–Trinajstić information content (AvgIpc) is 2.78. The van der Waals surface area contributed by atoms with Gasteiger partial charge < -0.3 is 10.2 Å². The largest absolute Gasteiger partial charge is 0.354 e. The van der Waals surface area contributed by atoms with E-state index in [-0.39, 0.29) is 0 Å². The van der Waals surface area contributed by atoms with Gasteiger partial charge in [0.05, 0.1) is 5.69 Å². The fourth-order valence-electron chi connectivity index (χ4n) is 2.77. The Morgan fingerprint density at radius 1 is 1.20 bits per heavy atom. The van der Waals surface area contributed by atoms with Gasteiger partial charge in [0.2, 0.25) is 0 Å². The summed E-state index contributed by atoms with van der Waals surface area (Å²) in [7, 11) is 2.08. The standard InChI is InChI=1S/C11H18N4/c1-14-11(15-7-5-12-6-8-15)9-3-2-4-10(9)13-14/h12H,2-8H2,1H3. The molecule has 0 aromatic carbocycles. The van der Waals surface area contributed by atoms with E-state index in [1.54, 1.807) is 0 Å². The van der Waals surface area contributed by atoms with Gasteiger partial charge in [-0.05, 0) is 19.3 Å². The molecule has 2 heterocycles. The Hall–Kier alpha value is -1.03. The van der Waals surface area contributed by atoms with Crippen molar-refractivity contribution >= 4 is 5.82 Å². The Balaban J connectivity index is 1.95. The van der Waals surface area contributed by atoms with Gasteiger partial charge >= 0.3 is 0 Å². The van der Waals surface area contributed by atoms with E-state index in [1.165, 1.54) is 36.3 Å². The number of aryl methyl sites for hydroxylation is 2. The van der Waals surface area contributed by atoms with Crippen molar-refractivity contribution in [2.24, 2.45) is 7.05 Å². The monoisotopic (exact) mass is 206 g/mol. The molecule has 0 amide bonds. The molecule has 15 heavy (non-hydrogen) atoms. The highest BCUT2D eigenvalue weighted by Crippen LogP contribution is 2.30. The Bertz CT molecular complexity index is 363. The van der Waals surface area contributed by atoms with Crippen molar-refractivity contribution in [2.75, 3.05) is 31.1 Å². The number of nitrogens with zero attached hydrogens (tertiary/aromatic N) is 3. The van der Waals surface area contributed by atoms with Crippen LogP contribution in [0, 0.1) is 0 Å². The second kappa shape index (κ2) is 3.52. The van der Waals surface area contributed by atoms with E-state index in [1.807, 2.05) is 0 Å². The molecule has 82 valence electrons. The highest BCUT2D eigenvalue weighted by Gasteiger charge is 2.25. The molecule has 1 aliphatic heterocycles. The zero-order valence-electron chi connectivity index (χ0n) is 9.29. The number of hydrogen-bond donors (Lipinski definition) is 1. The molecule has 0 bridgehead atoms. The molecule has 0 spiro atoms. The van der Waals surface area contributed by atoms with E-state index in [2.05, 4.69) is 27.0 Å². The average molecular weight is 206 g/mol. The summed E-state index contributed by atoms with van der Waals surface area (Å²) in [4.78, 5) is 2.48. The summed E-state index contributed by atoms with van der Waals surface area (Å²) in [5.41, 5.74) is 2.85. The SMILES string of the molecule is Cn1nc2c(c1N1CCNCC1)CCC2. The molecule has 4 nitrogen and oxygen atoms in total. The molecular formula is C11H18N4. The van der Waals surface area contributed by atoms with Gasteiger partial charge in [-0.25, -0.2) is 0 Å². The molecule has 0 atom stereocenters. The topological polar surface area (TPSA) is 33.1 Å². The summed E-state index contributed by atoms with van der Waals surface area (Å²) in [6.45, 7) is 4.43. The van der Waals surface area contributed by atoms with Crippen molar-refractivity contribution in [1.82, 2.24) is 15.1 Å². The van der Waals surface area contributed by atoms with E-state index < -0.39 is 0 Å². The van der Waals surface area contributed by atoms with Gasteiger partial charge in [-0.1, -0.05) is 0 Å². The maximum absolute atomic E-state index is 4.62. The molecule has 1 N–H and O–H groups in total. The highest BCUT2D eigenvalue weighted by atomic mass is 15.4. The van der Waals surface area contributed by atoms with Crippen molar-refractivity contribution in [1.29, 1.82) is 0 Å². The molecule has 1 aromatic heterocycles. The van der Waals surface area contributed by atoms with Crippen LogP contribution in [0.25, 0.3) is 0 Å². The lowest BCUT2D eigenvalue weighted by atomic mass is 10.2. The fourth-order valence-corrected chi connectivity index (χ4v) is 2.77. The summed E-state index contributed by atoms with van der Waals surface area (Å²) >= 11 is 0. The Morgan fingerprint density at radius 3 is 2.80 bits per heavy atom. The smallest absolute Gasteiger partial charge is 0.130 e. The first-order valence-corrected chi connectivity index (χ1v) is 5.86. The van der Waals surface area contributed by atoms with Crippen molar-refractivity contribution in [3.63, 3.8) is 0 Å². The molecule has 4 heteroatoms. The van der Waals surface area contributed by atoms with Crippen LogP contribution in [0.4, 0.5) is 5.82 Å². The number of hydrogen-bond acceptors (Lipinski definition) is 3. The van der Waals surface area contributed by atoms with Gasteiger partial charge in [-0.15, -0.1) is 0 Å². The second-order valence-corrected chi connectivity index (χ2v) is 4.46. The van der Waals surface area contributed by atoms with E-state index in [9.17, 15) is 0 Å². The zero-order chi connectivity index (χ0) is 10.3. The normalized spacial score (nSPS) is 20.7. The zero-order valence-corrected chi connectivity index (χ0v) is 9.29. The van der Waals surface area contributed by atoms with Crippen LogP contribution in [0.15, 0.2) is 0 Å². The maximum Gasteiger partial charge on any atom is 0.130 e. The fraction of sp³-hybridized carbons (Fsp3) is 0.727. The van der Waals surface area contributed by atoms with Crippen LogP contribution in [0.2, 0.25) is 0 Å². The van der Waals surface area contributed by atoms with Crippen LogP contribution in [-0.4, -0.2) is 36.0 Å². The minimum Gasteiger partial charge on any atom is -0.354 e. The number of fused-ring (bicyclic) bond motifs is 1. The highest BCUT2D eigenvalue weighted by molar-refractivity contribution is 5.52. The molecule has 2 aliphatic rings. The molecule has 3 rings (SSSR count). The molecule has 1 fully saturated rings. The van der Waals surface area contributed by atoms with E-state index in [4.69, 9.17) is 0 Å². The van der Waals surface area contributed by atoms with Crippen LogP contribution in [0.5, 0.6) is 0 Å². The quantitative estimate of drug-likeness (QED) is 0.718. The number of aromatic nitrogens is 2. The first kappa shape index (κ1) is 9.21. The van der Waals surface area contributed by atoms with Crippen LogP contribution in [0.3, 0.4) is 0 Å². The van der Waals surface area contributed by atoms with Crippen LogP contribution in [0.1, 0.15) is 17.7 Å². The molecule has 1 aliphatic carbocycles. The lowest BCUT2D eigenvalue weighted by Crippen LogP contribution is -2.44. The number of rotatable bonds is 1.